The average molecular weight is 431 g/mol. The molecule has 2 heterocycles. The smallest absolute Gasteiger partial charge is 0.282 e. The Kier molecular flexibility index (Phi) is 5.71. The number of ether oxygens (including phenoxy) is 1. The molecule has 31 heavy (non-hydrogen) atoms. The first-order chi connectivity index (χ1) is 14.8. The zero-order chi connectivity index (χ0) is 22.0. The molecule has 2 aliphatic rings. The monoisotopic (exact) mass is 431 g/mol. The van der Waals surface area contributed by atoms with Crippen molar-refractivity contribution in [2.24, 2.45) is 11.7 Å². The van der Waals surface area contributed by atoms with Gasteiger partial charge in [-0.1, -0.05) is 30.3 Å². The molecule has 1 atom stereocenters. The molecule has 1 saturated heterocycles. The van der Waals surface area contributed by atoms with Crippen molar-refractivity contribution in [3.05, 3.63) is 47.8 Å². The highest BCUT2D eigenvalue weighted by molar-refractivity contribution is 5.96. The minimum atomic E-state index is -2.78. The highest BCUT2D eigenvalue weighted by Gasteiger charge is 2.46. The number of benzene rings is 1. The summed E-state index contributed by atoms with van der Waals surface area (Å²) in [5, 5.41) is 2.57. The largest absolute Gasteiger partial charge is 0.475 e. The minimum Gasteiger partial charge on any atom is -0.475 e. The second-order valence-electron chi connectivity index (χ2n) is 7.97. The second kappa shape index (κ2) is 8.44. The van der Waals surface area contributed by atoms with Crippen molar-refractivity contribution in [1.82, 2.24) is 15.3 Å². The number of hydrogen-bond donors (Lipinski definition) is 2. The number of nitrogens with one attached hydrogen (secondary N) is 1. The third kappa shape index (κ3) is 5.25. The number of primary amides is 1. The van der Waals surface area contributed by atoms with Gasteiger partial charge in [0.05, 0.1) is 25.9 Å². The molecule has 2 amide bonds. The number of carbonyl (C=O) groups is 2. The van der Waals surface area contributed by atoms with Gasteiger partial charge in [-0.05, 0) is 24.3 Å². The van der Waals surface area contributed by atoms with Crippen LogP contribution in [0.1, 0.15) is 28.9 Å². The molecule has 1 aliphatic carbocycles. The van der Waals surface area contributed by atoms with Gasteiger partial charge in [-0.2, -0.15) is 0 Å². The number of nitrogens with zero attached hydrogens (tertiary/aromatic N) is 3. The number of hydrogen-bond acceptors (Lipinski definition) is 6. The number of rotatable bonds is 9. The number of alkyl halides is 2. The molecule has 0 unspecified atom stereocenters. The van der Waals surface area contributed by atoms with E-state index in [0.29, 0.717) is 12.5 Å². The Morgan fingerprint density at radius 1 is 1.26 bits per heavy atom. The Labute approximate surface area is 177 Å². The van der Waals surface area contributed by atoms with Gasteiger partial charge in [0, 0.05) is 6.42 Å². The molecule has 164 valence electrons. The van der Waals surface area contributed by atoms with Gasteiger partial charge in [-0.15, -0.1) is 0 Å². The molecule has 0 radical (unpaired) electrons. The van der Waals surface area contributed by atoms with Gasteiger partial charge in [-0.3, -0.25) is 9.59 Å². The Bertz CT molecular complexity index is 961. The van der Waals surface area contributed by atoms with E-state index in [4.69, 9.17) is 10.5 Å². The molecule has 2 aromatic rings. The number of nitrogens with two attached hydrogens (primary N) is 1. The maximum absolute atomic E-state index is 13.3. The predicted molar refractivity (Wildman–Crippen MR) is 108 cm³/mol. The van der Waals surface area contributed by atoms with Gasteiger partial charge in [0.25, 0.3) is 17.7 Å². The van der Waals surface area contributed by atoms with Crippen LogP contribution in [0.15, 0.2) is 36.5 Å². The van der Waals surface area contributed by atoms with Crippen LogP contribution in [-0.2, 0) is 11.2 Å². The van der Waals surface area contributed by atoms with Crippen LogP contribution < -0.4 is 20.7 Å². The standard InChI is InChI=1S/C21H23F2N5O3/c22-21(23)11-28(12-21)18-20(31-10-14-6-7-14)27-16(9-25-18)19(30)26-15(17(24)29)8-13-4-2-1-3-5-13/h1-5,9,14-15H,6-8,10-12H2,(H2,24,29)(H,26,30)/t15-/m0/s1. The van der Waals surface area contributed by atoms with E-state index in [1.165, 1.54) is 11.1 Å². The average Bonchev–Trinajstić information content (AvgIpc) is 3.55. The number of aromatic nitrogens is 2. The van der Waals surface area contributed by atoms with Gasteiger partial charge < -0.3 is 20.7 Å². The third-order valence-corrected chi connectivity index (χ3v) is 5.18. The minimum absolute atomic E-state index is 0.0359. The quantitative estimate of drug-likeness (QED) is 0.623. The maximum Gasteiger partial charge on any atom is 0.282 e. The van der Waals surface area contributed by atoms with Crippen molar-refractivity contribution in [1.29, 1.82) is 0 Å². The van der Waals surface area contributed by atoms with Crippen LogP contribution in [0.5, 0.6) is 5.88 Å². The summed E-state index contributed by atoms with van der Waals surface area (Å²) < 4.78 is 32.3. The van der Waals surface area contributed by atoms with Crippen LogP contribution in [0.2, 0.25) is 0 Å². The molecular weight excluding hydrogens is 408 g/mol. The van der Waals surface area contributed by atoms with Gasteiger partial charge >= 0.3 is 0 Å². The summed E-state index contributed by atoms with van der Waals surface area (Å²) in [5.74, 6) is -3.50. The van der Waals surface area contributed by atoms with E-state index >= 15 is 0 Å². The van der Waals surface area contributed by atoms with Crippen LogP contribution >= 0.6 is 0 Å². The fourth-order valence-corrected chi connectivity index (χ4v) is 3.24. The fraction of sp³-hybridized carbons (Fsp3) is 0.429. The summed E-state index contributed by atoms with van der Waals surface area (Å²) in [4.78, 5) is 34.3. The number of carbonyl (C=O) groups excluding carboxylic acids is 2. The normalized spacial score (nSPS) is 18.1. The Morgan fingerprint density at radius 2 is 1.97 bits per heavy atom. The predicted octanol–water partition coefficient (Wildman–Crippen LogP) is 1.55. The van der Waals surface area contributed by atoms with Crippen molar-refractivity contribution in [3.8, 4) is 5.88 Å². The second-order valence-corrected chi connectivity index (χ2v) is 7.97. The van der Waals surface area contributed by atoms with E-state index in [1.807, 2.05) is 30.3 Å². The van der Waals surface area contributed by atoms with Gasteiger partial charge in [0.2, 0.25) is 5.91 Å². The first-order valence-electron chi connectivity index (χ1n) is 10.1. The first-order valence-corrected chi connectivity index (χ1v) is 10.1. The summed E-state index contributed by atoms with van der Waals surface area (Å²) in [5.41, 5.74) is 6.20. The maximum atomic E-state index is 13.3. The highest BCUT2D eigenvalue weighted by atomic mass is 19.3. The van der Waals surface area contributed by atoms with Crippen LogP contribution in [-0.4, -0.2) is 53.4 Å². The molecule has 8 nitrogen and oxygen atoms in total. The van der Waals surface area contributed by atoms with Gasteiger partial charge in [-0.25, -0.2) is 18.7 Å². The molecule has 4 rings (SSSR count). The Morgan fingerprint density at radius 3 is 2.58 bits per heavy atom. The molecule has 1 saturated carbocycles. The number of amides is 2. The lowest BCUT2D eigenvalue weighted by Gasteiger charge is -2.39. The van der Waals surface area contributed by atoms with Crippen LogP contribution in [0.25, 0.3) is 0 Å². The first kappa shape index (κ1) is 21.0. The van der Waals surface area contributed by atoms with E-state index in [0.717, 1.165) is 18.4 Å². The van der Waals surface area contributed by atoms with Crippen molar-refractivity contribution >= 4 is 17.6 Å². The van der Waals surface area contributed by atoms with Gasteiger partial charge in [0.1, 0.15) is 6.04 Å². The zero-order valence-electron chi connectivity index (χ0n) is 16.8. The molecule has 1 aliphatic heterocycles. The molecule has 0 spiro atoms. The SMILES string of the molecule is NC(=O)[C@H](Cc1ccccc1)NC(=O)c1cnc(N2CC(F)(F)C2)c(OCC2CC2)n1. The summed E-state index contributed by atoms with van der Waals surface area (Å²) >= 11 is 0. The van der Waals surface area contributed by atoms with Gasteiger partial charge in [0.15, 0.2) is 11.5 Å². The van der Waals surface area contributed by atoms with E-state index < -0.39 is 36.9 Å². The number of anilines is 1. The molecule has 0 bridgehead atoms. The lowest BCUT2D eigenvalue weighted by atomic mass is 10.1. The van der Waals surface area contributed by atoms with E-state index in [1.54, 1.807) is 0 Å². The molecule has 1 aromatic carbocycles. The zero-order valence-corrected chi connectivity index (χ0v) is 16.8. The topological polar surface area (TPSA) is 110 Å². The fourth-order valence-electron chi connectivity index (χ4n) is 3.24. The van der Waals surface area contributed by atoms with Crippen LogP contribution in [0.3, 0.4) is 0 Å². The summed E-state index contributed by atoms with van der Waals surface area (Å²) in [6.07, 6.45) is 3.47. The van der Waals surface area contributed by atoms with Crippen molar-refractivity contribution in [3.63, 3.8) is 0 Å². The lowest BCUT2D eigenvalue weighted by Crippen LogP contribution is -2.56. The molecule has 2 fully saturated rings. The highest BCUT2D eigenvalue weighted by Crippen LogP contribution is 2.36. The Balaban J connectivity index is 1.49. The number of halogens is 2. The lowest BCUT2D eigenvalue weighted by molar-refractivity contribution is -0.119. The van der Waals surface area contributed by atoms with E-state index in [-0.39, 0.29) is 23.8 Å². The summed E-state index contributed by atoms with van der Waals surface area (Å²) in [6, 6.07) is 8.19. The molecule has 1 aromatic heterocycles. The molecular formula is C21H23F2N5O3. The third-order valence-electron chi connectivity index (χ3n) is 5.18. The van der Waals surface area contributed by atoms with Crippen LogP contribution in [0, 0.1) is 5.92 Å². The van der Waals surface area contributed by atoms with Crippen molar-refractivity contribution in [2.75, 3.05) is 24.6 Å². The molecule has 3 N–H and O–H groups in total. The van der Waals surface area contributed by atoms with Crippen LogP contribution in [0.4, 0.5) is 14.6 Å². The summed E-state index contributed by atoms with van der Waals surface area (Å²) in [6.45, 7) is -0.573. The van der Waals surface area contributed by atoms with Crippen molar-refractivity contribution in [2.45, 2.75) is 31.2 Å². The van der Waals surface area contributed by atoms with Crippen molar-refractivity contribution < 1.29 is 23.1 Å². The van der Waals surface area contributed by atoms with E-state index in [9.17, 15) is 18.4 Å². The Hall–Kier alpha value is -3.30. The summed E-state index contributed by atoms with van der Waals surface area (Å²) in [7, 11) is 0. The van der Waals surface area contributed by atoms with E-state index in [2.05, 4.69) is 15.3 Å². The molecule has 10 heteroatoms.